The molecule has 1 saturated heterocycles. The Morgan fingerprint density at radius 2 is 2.32 bits per heavy atom. The molecule has 5 heteroatoms. The number of nitrogens with zero attached hydrogens (tertiary/aromatic N) is 3. The normalized spacial score (nSPS) is 19.0. The maximum absolute atomic E-state index is 12.2. The average Bonchev–Trinajstić information content (AvgIpc) is 2.80. The van der Waals surface area contributed by atoms with Gasteiger partial charge in [0.25, 0.3) is 0 Å². The first-order chi connectivity index (χ1) is 9.10. The van der Waals surface area contributed by atoms with Crippen LogP contribution in [0.3, 0.4) is 0 Å². The number of Topliss-reactive ketones (excluding diaryl/α,β-unsaturated/α-hetero) is 1. The van der Waals surface area contributed by atoms with Crippen molar-refractivity contribution in [1.29, 1.82) is 5.26 Å². The highest BCUT2D eigenvalue weighted by Crippen LogP contribution is 2.22. The van der Waals surface area contributed by atoms with E-state index in [1.54, 1.807) is 0 Å². The Hall–Kier alpha value is -1.25. The van der Waals surface area contributed by atoms with Gasteiger partial charge < -0.3 is 0 Å². The van der Waals surface area contributed by atoms with Crippen molar-refractivity contribution in [3.8, 4) is 6.07 Å². The van der Waals surface area contributed by atoms with Gasteiger partial charge in [0.15, 0.2) is 11.7 Å². The molecule has 0 unspecified atom stereocenters. The minimum atomic E-state index is -0.696. The molecule has 2 heterocycles. The Kier molecular flexibility index (Phi) is 4.67. The molecule has 0 aliphatic carbocycles. The highest BCUT2D eigenvalue weighted by Gasteiger charge is 2.26. The lowest BCUT2D eigenvalue weighted by Gasteiger charge is -2.29. The SMILES string of the molecule is Cc1csc([C@H](C#N)C(=O)CN2CCC(C)CC2)n1. The molecule has 4 nitrogen and oxygen atoms in total. The number of hydrogen-bond acceptors (Lipinski definition) is 5. The van der Waals surface area contributed by atoms with E-state index >= 15 is 0 Å². The molecule has 0 radical (unpaired) electrons. The lowest BCUT2D eigenvalue weighted by atomic mass is 9.98. The van der Waals surface area contributed by atoms with Gasteiger partial charge in [0, 0.05) is 11.1 Å². The minimum absolute atomic E-state index is 0.0218. The molecular formula is C14H19N3OS. The third kappa shape index (κ3) is 3.62. The number of rotatable bonds is 4. The van der Waals surface area contributed by atoms with Crippen molar-refractivity contribution in [2.24, 2.45) is 5.92 Å². The number of aromatic nitrogens is 1. The molecule has 2 rings (SSSR count). The van der Waals surface area contributed by atoms with Crippen LogP contribution in [0.1, 0.15) is 36.4 Å². The van der Waals surface area contributed by atoms with E-state index in [-0.39, 0.29) is 5.78 Å². The van der Waals surface area contributed by atoms with Gasteiger partial charge in [-0.25, -0.2) is 4.98 Å². The molecule has 0 spiro atoms. The fourth-order valence-corrected chi connectivity index (χ4v) is 3.16. The van der Waals surface area contributed by atoms with E-state index in [0.29, 0.717) is 11.6 Å². The Morgan fingerprint density at radius 1 is 1.63 bits per heavy atom. The summed E-state index contributed by atoms with van der Waals surface area (Å²) >= 11 is 1.40. The molecule has 1 aliphatic rings. The zero-order valence-electron chi connectivity index (χ0n) is 11.4. The van der Waals surface area contributed by atoms with Crippen molar-refractivity contribution in [3.63, 3.8) is 0 Å². The number of carbonyl (C=O) groups is 1. The standard InChI is InChI=1S/C14H19N3OS/c1-10-3-5-17(6-4-10)8-13(18)12(7-15)14-16-11(2)9-19-14/h9-10,12H,3-6,8H2,1-2H3/t12-/m1/s1. The average molecular weight is 277 g/mol. The molecule has 0 bridgehead atoms. The summed E-state index contributed by atoms with van der Waals surface area (Å²) in [5.41, 5.74) is 0.875. The van der Waals surface area contributed by atoms with Crippen LogP contribution in [0.4, 0.5) is 0 Å². The maximum Gasteiger partial charge on any atom is 0.170 e. The number of piperidine rings is 1. The summed E-state index contributed by atoms with van der Waals surface area (Å²) in [5.74, 6) is 0.0316. The highest BCUT2D eigenvalue weighted by atomic mass is 32.1. The Bertz CT molecular complexity index is 483. The summed E-state index contributed by atoms with van der Waals surface area (Å²) in [6.07, 6.45) is 2.28. The summed E-state index contributed by atoms with van der Waals surface area (Å²) < 4.78 is 0. The molecule has 0 aromatic carbocycles. The fraction of sp³-hybridized carbons (Fsp3) is 0.643. The van der Waals surface area contributed by atoms with Gasteiger partial charge >= 0.3 is 0 Å². The second kappa shape index (κ2) is 6.27. The van der Waals surface area contributed by atoms with Crippen LogP contribution in [0.2, 0.25) is 0 Å². The molecule has 102 valence electrons. The van der Waals surface area contributed by atoms with Crippen LogP contribution in [0.5, 0.6) is 0 Å². The lowest BCUT2D eigenvalue weighted by Crippen LogP contribution is -2.38. The Labute approximate surface area is 118 Å². The molecule has 19 heavy (non-hydrogen) atoms. The summed E-state index contributed by atoms with van der Waals surface area (Å²) in [4.78, 5) is 18.7. The molecule has 0 saturated carbocycles. The van der Waals surface area contributed by atoms with E-state index in [0.717, 1.165) is 37.5 Å². The first kappa shape index (κ1) is 14.2. The fourth-order valence-electron chi connectivity index (χ4n) is 2.30. The molecule has 1 aliphatic heterocycles. The van der Waals surface area contributed by atoms with Gasteiger partial charge in [-0.05, 0) is 38.8 Å². The predicted octanol–water partition coefficient (Wildman–Crippen LogP) is 2.36. The largest absolute Gasteiger partial charge is 0.296 e. The van der Waals surface area contributed by atoms with Crippen LogP contribution in [-0.2, 0) is 4.79 Å². The topological polar surface area (TPSA) is 57.0 Å². The molecule has 1 atom stereocenters. The third-order valence-corrected chi connectivity index (χ3v) is 4.62. The number of likely N-dealkylation sites (tertiary alicyclic amines) is 1. The molecule has 1 fully saturated rings. The molecule has 0 N–H and O–H groups in total. The van der Waals surface area contributed by atoms with Gasteiger partial charge in [-0.2, -0.15) is 5.26 Å². The van der Waals surface area contributed by atoms with Crippen molar-refractivity contribution in [2.75, 3.05) is 19.6 Å². The van der Waals surface area contributed by atoms with Crippen molar-refractivity contribution < 1.29 is 4.79 Å². The first-order valence-electron chi connectivity index (χ1n) is 6.67. The predicted molar refractivity (Wildman–Crippen MR) is 75.1 cm³/mol. The number of hydrogen-bond donors (Lipinski definition) is 0. The van der Waals surface area contributed by atoms with Gasteiger partial charge in [0.1, 0.15) is 5.01 Å². The smallest absolute Gasteiger partial charge is 0.170 e. The Morgan fingerprint density at radius 3 is 2.84 bits per heavy atom. The van der Waals surface area contributed by atoms with Gasteiger partial charge in [-0.15, -0.1) is 11.3 Å². The molecule has 0 amide bonds. The second-order valence-electron chi connectivity index (χ2n) is 5.31. The van der Waals surface area contributed by atoms with Gasteiger partial charge in [0.2, 0.25) is 0 Å². The van der Waals surface area contributed by atoms with E-state index in [2.05, 4.69) is 22.9 Å². The summed E-state index contributed by atoms with van der Waals surface area (Å²) in [7, 11) is 0. The van der Waals surface area contributed by atoms with E-state index in [9.17, 15) is 10.1 Å². The summed E-state index contributed by atoms with van der Waals surface area (Å²) in [5, 5.41) is 11.7. The molecule has 1 aromatic heterocycles. The number of nitriles is 1. The second-order valence-corrected chi connectivity index (χ2v) is 6.20. The van der Waals surface area contributed by atoms with Crippen molar-refractivity contribution in [3.05, 3.63) is 16.1 Å². The van der Waals surface area contributed by atoms with E-state index < -0.39 is 5.92 Å². The summed E-state index contributed by atoms with van der Waals surface area (Å²) in [6, 6.07) is 2.10. The molecule has 1 aromatic rings. The van der Waals surface area contributed by atoms with Crippen LogP contribution in [-0.4, -0.2) is 35.3 Å². The Balaban J connectivity index is 1.96. The van der Waals surface area contributed by atoms with Gasteiger partial charge in [-0.3, -0.25) is 9.69 Å². The van der Waals surface area contributed by atoms with E-state index in [4.69, 9.17) is 0 Å². The maximum atomic E-state index is 12.2. The van der Waals surface area contributed by atoms with Crippen molar-refractivity contribution >= 4 is 17.1 Å². The van der Waals surface area contributed by atoms with E-state index in [1.807, 2.05) is 12.3 Å². The number of ketones is 1. The lowest BCUT2D eigenvalue weighted by molar-refractivity contribution is -0.120. The van der Waals surface area contributed by atoms with Crippen molar-refractivity contribution in [2.45, 2.75) is 32.6 Å². The van der Waals surface area contributed by atoms with Gasteiger partial charge in [0.05, 0.1) is 12.6 Å². The molecular weight excluding hydrogens is 258 g/mol. The third-order valence-electron chi connectivity index (χ3n) is 3.59. The van der Waals surface area contributed by atoms with Crippen LogP contribution >= 0.6 is 11.3 Å². The summed E-state index contributed by atoms with van der Waals surface area (Å²) in [6.45, 7) is 6.42. The van der Waals surface area contributed by atoms with E-state index in [1.165, 1.54) is 11.3 Å². The van der Waals surface area contributed by atoms with Crippen LogP contribution in [0.15, 0.2) is 5.38 Å². The van der Waals surface area contributed by atoms with Crippen LogP contribution in [0.25, 0.3) is 0 Å². The zero-order valence-corrected chi connectivity index (χ0v) is 12.2. The van der Waals surface area contributed by atoms with Crippen LogP contribution in [0, 0.1) is 24.2 Å². The highest BCUT2D eigenvalue weighted by molar-refractivity contribution is 7.09. The van der Waals surface area contributed by atoms with Gasteiger partial charge in [-0.1, -0.05) is 6.92 Å². The monoisotopic (exact) mass is 277 g/mol. The quantitative estimate of drug-likeness (QED) is 0.847. The number of thiazole rings is 1. The van der Waals surface area contributed by atoms with Crippen molar-refractivity contribution in [1.82, 2.24) is 9.88 Å². The zero-order chi connectivity index (χ0) is 13.8. The number of carbonyl (C=O) groups excluding carboxylic acids is 1. The minimum Gasteiger partial charge on any atom is -0.296 e. The first-order valence-corrected chi connectivity index (χ1v) is 7.55. The number of aryl methyl sites for hydroxylation is 1. The van der Waals surface area contributed by atoms with Crippen LogP contribution < -0.4 is 0 Å².